The van der Waals surface area contributed by atoms with Gasteiger partial charge in [0, 0.05) is 35.4 Å². The molecule has 19 heavy (non-hydrogen) atoms. The number of anilines is 1. The number of aromatic nitrogens is 1. The van der Waals surface area contributed by atoms with Crippen molar-refractivity contribution < 1.29 is 0 Å². The van der Waals surface area contributed by atoms with Crippen LogP contribution in [0.5, 0.6) is 0 Å². The van der Waals surface area contributed by atoms with Crippen LogP contribution in [0.4, 0.5) is 5.82 Å². The molecule has 0 aliphatic carbocycles. The fraction of sp³-hybridized carbons (Fsp3) is 0.667. The van der Waals surface area contributed by atoms with Crippen LogP contribution < -0.4 is 10.2 Å². The number of hydrogen-bond donors (Lipinski definition) is 1. The van der Waals surface area contributed by atoms with E-state index in [0.717, 1.165) is 30.5 Å². The summed E-state index contributed by atoms with van der Waals surface area (Å²) >= 11 is 3.54. The zero-order valence-electron chi connectivity index (χ0n) is 12.0. The Morgan fingerprint density at radius 1 is 1.47 bits per heavy atom. The Kier molecular flexibility index (Phi) is 5.64. The van der Waals surface area contributed by atoms with Crippen LogP contribution in [0, 0.1) is 0 Å². The third kappa shape index (κ3) is 3.69. The fourth-order valence-corrected chi connectivity index (χ4v) is 3.18. The van der Waals surface area contributed by atoms with Crippen LogP contribution >= 0.6 is 15.9 Å². The van der Waals surface area contributed by atoms with Crippen LogP contribution in [0.15, 0.2) is 16.7 Å². The second-order valence-electron chi connectivity index (χ2n) is 5.21. The lowest BCUT2D eigenvalue weighted by atomic mass is 10.1. The molecule has 1 aromatic heterocycles. The van der Waals surface area contributed by atoms with Crippen LogP contribution in [0.3, 0.4) is 0 Å². The largest absolute Gasteiger partial charge is 0.353 e. The second-order valence-corrected chi connectivity index (χ2v) is 6.13. The molecule has 2 rings (SSSR count). The van der Waals surface area contributed by atoms with E-state index in [-0.39, 0.29) is 0 Å². The first-order valence-corrected chi connectivity index (χ1v) is 8.17. The number of rotatable bonds is 6. The molecule has 3 nitrogen and oxygen atoms in total. The average molecular weight is 326 g/mol. The Labute approximate surface area is 124 Å². The summed E-state index contributed by atoms with van der Waals surface area (Å²) in [4.78, 5) is 7.17. The minimum atomic E-state index is 0.665. The predicted octanol–water partition coefficient (Wildman–Crippen LogP) is 3.72. The summed E-state index contributed by atoms with van der Waals surface area (Å²) in [5.74, 6) is 1.18. The Hall–Kier alpha value is -0.610. The first kappa shape index (κ1) is 14.8. The van der Waals surface area contributed by atoms with Crippen LogP contribution in [0.1, 0.15) is 45.1 Å². The van der Waals surface area contributed by atoms with Gasteiger partial charge in [-0.2, -0.15) is 0 Å². The maximum absolute atomic E-state index is 4.68. The Balaban J connectivity index is 2.18. The molecule has 0 saturated carbocycles. The van der Waals surface area contributed by atoms with Gasteiger partial charge >= 0.3 is 0 Å². The van der Waals surface area contributed by atoms with Gasteiger partial charge < -0.3 is 10.2 Å². The lowest BCUT2D eigenvalue weighted by Crippen LogP contribution is -2.31. The molecule has 1 aromatic rings. The van der Waals surface area contributed by atoms with E-state index in [1.54, 1.807) is 0 Å². The van der Waals surface area contributed by atoms with Gasteiger partial charge in [0.1, 0.15) is 5.82 Å². The smallest absolute Gasteiger partial charge is 0.133 e. The zero-order chi connectivity index (χ0) is 13.7. The molecule has 1 atom stereocenters. The molecule has 1 unspecified atom stereocenters. The first-order valence-electron chi connectivity index (χ1n) is 7.38. The van der Waals surface area contributed by atoms with Gasteiger partial charge in [0.25, 0.3) is 0 Å². The van der Waals surface area contributed by atoms with E-state index in [9.17, 15) is 0 Å². The van der Waals surface area contributed by atoms with Gasteiger partial charge in [-0.25, -0.2) is 4.98 Å². The molecule has 1 aliphatic heterocycles. The Bertz CT molecular complexity index is 408. The molecule has 1 N–H and O–H groups in total. The molecule has 2 heterocycles. The van der Waals surface area contributed by atoms with E-state index in [2.05, 4.69) is 51.0 Å². The minimum absolute atomic E-state index is 0.665. The molecule has 0 bridgehead atoms. The number of hydrogen-bond acceptors (Lipinski definition) is 3. The standard InChI is InChI=1S/C15H24BrN3/c1-3-7-17-10-12-9-13(16)11-18-15(12)19-8-5-6-14(19)4-2/h9,11,14,17H,3-8,10H2,1-2H3. The SMILES string of the molecule is CCCNCc1cc(Br)cnc1N1CCCC1CC. The number of nitrogens with zero attached hydrogens (tertiary/aromatic N) is 2. The highest BCUT2D eigenvalue weighted by atomic mass is 79.9. The monoisotopic (exact) mass is 325 g/mol. The molecular formula is C15H24BrN3. The van der Waals surface area contributed by atoms with Crippen LogP contribution in [0.2, 0.25) is 0 Å². The molecule has 106 valence electrons. The highest BCUT2D eigenvalue weighted by Gasteiger charge is 2.25. The lowest BCUT2D eigenvalue weighted by Gasteiger charge is -2.27. The van der Waals surface area contributed by atoms with Crippen LogP contribution in [-0.4, -0.2) is 24.1 Å². The highest BCUT2D eigenvalue weighted by Crippen LogP contribution is 2.29. The van der Waals surface area contributed by atoms with E-state index in [1.165, 1.54) is 30.6 Å². The summed E-state index contributed by atoms with van der Waals surface area (Å²) in [7, 11) is 0. The van der Waals surface area contributed by atoms with Crippen LogP contribution in [-0.2, 0) is 6.54 Å². The van der Waals surface area contributed by atoms with Crippen molar-refractivity contribution in [3.05, 3.63) is 22.3 Å². The number of nitrogens with one attached hydrogen (secondary N) is 1. The Morgan fingerprint density at radius 3 is 3.05 bits per heavy atom. The molecule has 1 saturated heterocycles. The molecule has 4 heteroatoms. The van der Waals surface area contributed by atoms with Crippen molar-refractivity contribution >= 4 is 21.7 Å². The van der Waals surface area contributed by atoms with E-state index >= 15 is 0 Å². The fourth-order valence-electron chi connectivity index (χ4n) is 2.80. The maximum Gasteiger partial charge on any atom is 0.133 e. The van der Waals surface area contributed by atoms with Crippen molar-refractivity contribution in [3.63, 3.8) is 0 Å². The van der Waals surface area contributed by atoms with Crippen molar-refractivity contribution in [2.45, 2.75) is 52.1 Å². The third-order valence-electron chi connectivity index (χ3n) is 3.77. The average Bonchev–Trinajstić information content (AvgIpc) is 2.87. The van der Waals surface area contributed by atoms with Crippen molar-refractivity contribution in [1.82, 2.24) is 10.3 Å². The topological polar surface area (TPSA) is 28.2 Å². The third-order valence-corrected chi connectivity index (χ3v) is 4.21. The molecule has 1 fully saturated rings. The van der Waals surface area contributed by atoms with Crippen molar-refractivity contribution in [2.24, 2.45) is 0 Å². The van der Waals surface area contributed by atoms with E-state index in [1.807, 2.05) is 6.20 Å². The molecular weight excluding hydrogens is 302 g/mol. The van der Waals surface area contributed by atoms with Gasteiger partial charge in [0.2, 0.25) is 0 Å². The summed E-state index contributed by atoms with van der Waals surface area (Å²) < 4.78 is 1.07. The van der Waals surface area contributed by atoms with Gasteiger partial charge in [0.05, 0.1) is 0 Å². The molecule has 0 radical (unpaired) electrons. The highest BCUT2D eigenvalue weighted by molar-refractivity contribution is 9.10. The van der Waals surface area contributed by atoms with Gasteiger partial charge in [-0.1, -0.05) is 13.8 Å². The number of pyridine rings is 1. The van der Waals surface area contributed by atoms with Crippen molar-refractivity contribution in [3.8, 4) is 0 Å². The summed E-state index contributed by atoms with van der Waals surface area (Å²) in [6, 6.07) is 2.87. The Morgan fingerprint density at radius 2 is 2.32 bits per heavy atom. The molecule has 0 amide bonds. The van der Waals surface area contributed by atoms with Gasteiger partial charge in [-0.3, -0.25) is 0 Å². The molecule has 1 aliphatic rings. The van der Waals surface area contributed by atoms with E-state index in [4.69, 9.17) is 0 Å². The second kappa shape index (κ2) is 7.25. The van der Waals surface area contributed by atoms with Gasteiger partial charge in [-0.15, -0.1) is 0 Å². The zero-order valence-corrected chi connectivity index (χ0v) is 13.5. The van der Waals surface area contributed by atoms with Gasteiger partial charge in [-0.05, 0) is 54.2 Å². The summed E-state index contributed by atoms with van der Waals surface area (Å²) in [5, 5.41) is 3.49. The van der Waals surface area contributed by atoms with E-state index in [0.29, 0.717) is 6.04 Å². The van der Waals surface area contributed by atoms with E-state index < -0.39 is 0 Å². The summed E-state index contributed by atoms with van der Waals surface area (Å²) in [5.41, 5.74) is 1.31. The lowest BCUT2D eigenvalue weighted by molar-refractivity contribution is 0.630. The summed E-state index contributed by atoms with van der Waals surface area (Å²) in [6.07, 6.45) is 6.88. The molecule has 0 spiro atoms. The minimum Gasteiger partial charge on any atom is -0.353 e. The first-order chi connectivity index (χ1) is 9.26. The normalized spacial score (nSPS) is 19.1. The maximum atomic E-state index is 4.68. The summed E-state index contributed by atoms with van der Waals surface area (Å²) in [6.45, 7) is 7.58. The van der Waals surface area contributed by atoms with Crippen molar-refractivity contribution in [2.75, 3.05) is 18.0 Å². The quantitative estimate of drug-likeness (QED) is 0.808. The number of halogens is 1. The van der Waals surface area contributed by atoms with Gasteiger partial charge in [0.15, 0.2) is 0 Å². The molecule has 0 aromatic carbocycles. The van der Waals surface area contributed by atoms with Crippen LogP contribution in [0.25, 0.3) is 0 Å². The predicted molar refractivity (Wildman–Crippen MR) is 84.6 cm³/mol. The van der Waals surface area contributed by atoms with Crippen molar-refractivity contribution in [1.29, 1.82) is 0 Å².